The third kappa shape index (κ3) is 2.87. The van der Waals surface area contributed by atoms with E-state index in [4.69, 9.17) is 9.47 Å². The van der Waals surface area contributed by atoms with E-state index in [1.165, 1.54) is 19.4 Å². The third-order valence-electron chi connectivity index (χ3n) is 8.06. The molecule has 2 saturated carbocycles. The molecule has 0 spiro atoms. The first-order valence-corrected chi connectivity index (χ1v) is 10.5. The number of fused-ring (bicyclic) bond motifs is 5. The molecule has 4 aliphatic carbocycles. The second kappa shape index (κ2) is 6.49. The van der Waals surface area contributed by atoms with Crippen LogP contribution in [0.4, 0.5) is 0 Å². The average molecular weight is 373 g/mol. The summed E-state index contributed by atoms with van der Waals surface area (Å²) in [6.07, 6.45) is 12.9. The largest absolute Gasteiger partial charge is 0.462 e. The van der Waals surface area contributed by atoms with E-state index in [-0.39, 0.29) is 40.9 Å². The summed E-state index contributed by atoms with van der Waals surface area (Å²) in [6.45, 7) is 7.69. The minimum atomic E-state index is -0.204. The minimum absolute atomic E-state index is 0.0699. The van der Waals surface area contributed by atoms with Crippen LogP contribution < -0.4 is 0 Å². The highest BCUT2D eigenvalue weighted by Crippen LogP contribution is 2.64. The van der Waals surface area contributed by atoms with Gasteiger partial charge in [-0.05, 0) is 61.9 Å². The molecule has 0 amide bonds. The van der Waals surface area contributed by atoms with Gasteiger partial charge in [-0.1, -0.05) is 31.6 Å². The first-order valence-electron chi connectivity index (χ1n) is 10.5. The van der Waals surface area contributed by atoms with Crippen molar-refractivity contribution in [2.24, 2.45) is 28.6 Å². The number of allylic oxidation sites excluding steroid dienone is 2. The van der Waals surface area contributed by atoms with E-state index in [1.54, 1.807) is 0 Å². The summed E-state index contributed by atoms with van der Waals surface area (Å²) >= 11 is 0. The Hall–Kier alpha value is -1.58. The molecule has 4 rings (SSSR count). The van der Waals surface area contributed by atoms with Gasteiger partial charge < -0.3 is 9.47 Å². The molecule has 0 heterocycles. The van der Waals surface area contributed by atoms with E-state index in [0.717, 1.165) is 38.5 Å². The van der Waals surface area contributed by atoms with Crippen LogP contribution in [0.5, 0.6) is 0 Å². The van der Waals surface area contributed by atoms with Crippen LogP contribution in [0.25, 0.3) is 0 Å². The number of rotatable bonds is 2. The first kappa shape index (κ1) is 18.8. The van der Waals surface area contributed by atoms with E-state index in [9.17, 15) is 9.59 Å². The molecule has 4 heteroatoms. The highest BCUT2D eigenvalue weighted by Gasteiger charge is 2.60. The Morgan fingerprint density at radius 1 is 1.07 bits per heavy atom. The maximum absolute atomic E-state index is 11.9. The molecule has 4 aliphatic rings. The lowest BCUT2D eigenvalue weighted by molar-refractivity contribution is -0.171. The Kier molecular flexibility index (Phi) is 4.51. The molecule has 27 heavy (non-hydrogen) atoms. The fraction of sp³-hybridized carbons (Fsp3) is 0.739. The van der Waals surface area contributed by atoms with Crippen LogP contribution in [-0.4, -0.2) is 24.1 Å². The van der Waals surface area contributed by atoms with Crippen molar-refractivity contribution < 1.29 is 19.1 Å². The number of carbonyl (C=O) groups is 2. The summed E-state index contributed by atoms with van der Waals surface area (Å²) < 4.78 is 11.7. The fourth-order valence-corrected chi connectivity index (χ4v) is 6.83. The molecule has 4 nitrogen and oxygen atoms in total. The van der Waals surface area contributed by atoms with Crippen LogP contribution in [0, 0.1) is 28.6 Å². The van der Waals surface area contributed by atoms with Gasteiger partial charge in [0.05, 0.1) is 0 Å². The van der Waals surface area contributed by atoms with Crippen LogP contribution >= 0.6 is 0 Å². The summed E-state index contributed by atoms with van der Waals surface area (Å²) in [5, 5.41) is 0. The highest BCUT2D eigenvalue weighted by molar-refractivity contribution is 5.67. The summed E-state index contributed by atoms with van der Waals surface area (Å²) in [6, 6.07) is 0. The molecular formula is C23H32O4. The van der Waals surface area contributed by atoms with Gasteiger partial charge in [0.1, 0.15) is 12.2 Å². The van der Waals surface area contributed by atoms with E-state index in [0.29, 0.717) is 11.8 Å². The SMILES string of the molecule is CC(=O)OC1C=C2CCCC(OC(C)=O)[C@]2(C)[C@H]2CC[C@]3(C)C=CC[C@H]3[C@H]12. The lowest BCUT2D eigenvalue weighted by Gasteiger charge is -2.59. The molecule has 2 fully saturated rings. The van der Waals surface area contributed by atoms with Gasteiger partial charge in [-0.3, -0.25) is 9.59 Å². The molecule has 0 saturated heterocycles. The van der Waals surface area contributed by atoms with Crippen molar-refractivity contribution in [3.63, 3.8) is 0 Å². The molecule has 0 aliphatic heterocycles. The van der Waals surface area contributed by atoms with Crippen LogP contribution in [0.3, 0.4) is 0 Å². The average Bonchev–Trinajstić information content (AvgIpc) is 2.97. The smallest absolute Gasteiger partial charge is 0.303 e. The lowest BCUT2D eigenvalue weighted by atomic mass is 9.47. The molecule has 0 aromatic carbocycles. The minimum Gasteiger partial charge on any atom is -0.462 e. The Morgan fingerprint density at radius 3 is 2.52 bits per heavy atom. The van der Waals surface area contributed by atoms with E-state index in [2.05, 4.69) is 32.1 Å². The standard InChI is InChI=1S/C23H32O4/c1-14(24)26-19-13-16-7-5-9-20(27-15(2)25)23(16,4)18-10-12-22(3)11-6-8-17(22)21(18)19/h6,11,13,17-21H,5,7-10,12H2,1-4H3/t17-,18-,19?,20?,21-,22-,23-/m0/s1. The molecule has 2 unspecified atom stereocenters. The lowest BCUT2D eigenvalue weighted by Crippen LogP contribution is -2.58. The number of esters is 2. The van der Waals surface area contributed by atoms with Gasteiger partial charge in [-0.15, -0.1) is 0 Å². The van der Waals surface area contributed by atoms with Crippen molar-refractivity contribution in [3.05, 3.63) is 23.8 Å². The Bertz CT molecular complexity index is 707. The predicted molar refractivity (Wildman–Crippen MR) is 103 cm³/mol. The van der Waals surface area contributed by atoms with Crippen molar-refractivity contribution in [2.45, 2.75) is 78.4 Å². The maximum atomic E-state index is 11.9. The highest BCUT2D eigenvalue weighted by atomic mass is 16.5. The summed E-state index contributed by atoms with van der Waals surface area (Å²) in [4.78, 5) is 23.7. The van der Waals surface area contributed by atoms with E-state index in [1.807, 2.05) is 0 Å². The summed E-state index contributed by atoms with van der Waals surface area (Å²) in [7, 11) is 0. The summed E-state index contributed by atoms with van der Waals surface area (Å²) in [5.41, 5.74) is 1.38. The van der Waals surface area contributed by atoms with Crippen LogP contribution in [0.1, 0.15) is 66.2 Å². The molecule has 0 aromatic rings. The van der Waals surface area contributed by atoms with Gasteiger partial charge in [0.25, 0.3) is 0 Å². The van der Waals surface area contributed by atoms with Gasteiger partial charge in [0.15, 0.2) is 0 Å². The van der Waals surface area contributed by atoms with Crippen LogP contribution in [0.2, 0.25) is 0 Å². The molecule has 0 aromatic heterocycles. The van der Waals surface area contributed by atoms with Crippen LogP contribution in [-0.2, 0) is 19.1 Å². The van der Waals surface area contributed by atoms with Gasteiger partial charge in [0, 0.05) is 25.2 Å². The Balaban J connectivity index is 1.78. The van der Waals surface area contributed by atoms with E-state index < -0.39 is 0 Å². The van der Waals surface area contributed by atoms with Crippen LogP contribution in [0.15, 0.2) is 23.8 Å². The fourth-order valence-electron chi connectivity index (χ4n) is 6.83. The predicted octanol–water partition coefficient (Wildman–Crippen LogP) is 4.59. The van der Waals surface area contributed by atoms with Gasteiger partial charge in [-0.25, -0.2) is 0 Å². The van der Waals surface area contributed by atoms with Crippen molar-refractivity contribution in [2.75, 3.05) is 0 Å². The molecule has 0 bridgehead atoms. The van der Waals surface area contributed by atoms with Gasteiger partial charge in [-0.2, -0.15) is 0 Å². The quantitative estimate of drug-likeness (QED) is 0.525. The van der Waals surface area contributed by atoms with Gasteiger partial charge >= 0.3 is 11.9 Å². The number of hydrogen-bond donors (Lipinski definition) is 0. The molecule has 0 N–H and O–H groups in total. The normalized spacial score (nSPS) is 45.2. The number of hydrogen-bond acceptors (Lipinski definition) is 4. The second-order valence-electron chi connectivity index (χ2n) is 9.51. The van der Waals surface area contributed by atoms with Crippen molar-refractivity contribution >= 4 is 11.9 Å². The zero-order chi connectivity index (χ0) is 19.4. The zero-order valence-electron chi connectivity index (χ0n) is 17.0. The molecule has 0 radical (unpaired) electrons. The monoisotopic (exact) mass is 372 g/mol. The van der Waals surface area contributed by atoms with E-state index >= 15 is 0 Å². The number of ether oxygens (including phenoxy) is 2. The Morgan fingerprint density at radius 2 is 1.81 bits per heavy atom. The Labute approximate surface area is 162 Å². The van der Waals surface area contributed by atoms with Gasteiger partial charge in [0.2, 0.25) is 0 Å². The van der Waals surface area contributed by atoms with Crippen molar-refractivity contribution in [3.8, 4) is 0 Å². The topological polar surface area (TPSA) is 52.6 Å². The van der Waals surface area contributed by atoms with Crippen molar-refractivity contribution in [1.29, 1.82) is 0 Å². The molecule has 148 valence electrons. The number of carbonyl (C=O) groups excluding carboxylic acids is 2. The zero-order valence-corrected chi connectivity index (χ0v) is 17.0. The third-order valence-corrected chi connectivity index (χ3v) is 8.06. The molecular weight excluding hydrogens is 340 g/mol. The second-order valence-corrected chi connectivity index (χ2v) is 9.51. The first-order chi connectivity index (χ1) is 12.8. The maximum Gasteiger partial charge on any atom is 0.303 e. The molecule has 7 atom stereocenters. The summed E-state index contributed by atoms with van der Waals surface area (Å²) in [5.74, 6) is 0.751. The van der Waals surface area contributed by atoms with Crippen molar-refractivity contribution in [1.82, 2.24) is 0 Å².